The number of halogens is 4. The predicted molar refractivity (Wildman–Crippen MR) is 118 cm³/mol. The lowest BCUT2D eigenvalue weighted by atomic mass is 9.84. The molecule has 1 aliphatic heterocycles. The Kier molecular flexibility index (Phi) is 6.10. The molecule has 4 rings (SSSR count). The lowest BCUT2D eigenvalue weighted by Crippen LogP contribution is -2.24. The van der Waals surface area contributed by atoms with Crippen molar-refractivity contribution in [3.8, 4) is 11.9 Å². The molecule has 0 saturated carbocycles. The van der Waals surface area contributed by atoms with Crippen LogP contribution < -0.4 is 16.2 Å². The van der Waals surface area contributed by atoms with Crippen LogP contribution in [-0.2, 0) is 11.9 Å². The van der Waals surface area contributed by atoms with Crippen molar-refractivity contribution >= 4 is 29.2 Å². The van der Waals surface area contributed by atoms with Gasteiger partial charge in [0.2, 0.25) is 11.8 Å². The number of nitriles is 1. The minimum Gasteiger partial charge on any atom is -0.422 e. The molecule has 11 heteroatoms. The van der Waals surface area contributed by atoms with Gasteiger partial charge >= 0.3 is 6.18 Å². The van der Waals surface area contributed by atoms with Gasteiger partial charge in [-0.05, 0) is 29.3 Å². The Bertz CT molecular complexity index is 1290. The maximum atomic E-state index is 13.0. The fraction of sp³-hybridized carbons (Fsp3) is 0.136. The van der Waals surface area contributed by atoms with Gasteiger partial charge < -0.3 is 16.2 Å². The third-order valence-corrected chi connectivity index (χ3v) is 6.24. The SMILES string of the molecule is N#CC1=C(N)Oc2nc(SCc3ccccc3Cl)nc(N)c2[C@@H]1c1ccc(C(F)(F)F)cc1. The largest absolute Gasteiger partial charge is 0.422 e. The Hall–Kier alpha value is -3.42. The quantitative estimate of drug-likeness (QED) is 0.380. The van der Waals surface area contributed by atoms with Crippen molar-refractivity contribution in [2.24, 2.45) is 5.73 Å². The van der Waals surface area contributed by atoms with E-state index in [-0.39, 0.29) is 28.7 Å². The summed E-state index contributed by atoms with van der Waals surface area (Å²) in [6, 6.07) is 13.7. The van der Waals surface area contributed by atoms with Crippen LogP contribution in [0.4, 0.5) is 19.0 Å². The summed E-state index contributed by atoms with van der Waals surface area (Å²) in [5, 5.41) is 10.5. The van der Waals surface area contributed by atoms with Gasteiger partial charge in [0.1, 0.15) is 17.5 Å². The fourth-order valence-corrected chi connectivity index (χ4v) is 4.51. The zero-order valence-corrected chi connectivity index (χ0v) is 18.3. The molecule has 0 radical (unpaired) electrons. The molecular formula is C22H15ClF3N5OS. The first kappa shape index (κ1) is 22.8. The molecule has 1 aliphatic rings. The highest BCUT2D eigenvalue weighted by atomic mass is 35.5. The minimum absolute atomic E-state index is 0.00836. The highest BCUT2D eigenvalue weighted by Crippen LogP contribution is 2.44. The number of alkyl halides is 3. The number of nitrogen functional groups attached to an aromatic ring is 1. The molecule has 33 heavy (non-hydrogen) atoms. The molecule has 6 nitrogen and oxygen atoms in total. The van der Waals surface area contributed by atoms with E-state index >= 15 is 0 Å². The van der Waals surface area contributed by atoms with Gasteiger partial charge in [-0.15, -0.1) is 0 Å². The average molecular weight is 490 g/mol. The standard InChI is InChI=1S/C22H15ClF3N5OS/c23-15-4-2-1-3-12(15)10-33-21-30-18(28)17-16(14(9-27)19(29)32-20(17)31-21)11-5-7-13(8-6-11)22(24,25)26/h1-8,16H,10,29H2,(H2,28,30,31)/t16-/m1/s1. The van der Waals surface area contributed by atoms with E-state index in [0.29, 0.717) is 21.5 Å². The Morgan fingerprint density at radius 1 is 1.09 bits per heavy atom. The smallest absolute Gasteiger partial charge is 0.416 e. The first-order valence-electron chi connectivity index (χ1n) is 9.47. The van der Waals surface area contributed by atoms with Gasteiger partial charge in [0, 0.05) is 10.8 Å². The molecule has 1 aromatic heterocycles. The maximum absolute atomic E-state index is 13.0. The highest BCUT2D eigenvalue weighted by molar-refractivity contribution is 7.98. The van der Waals surface area contributed by atoms with Crippen molar-refractivity contribution in [1.82, 2.24) is 9.97 Å². The fourth-order valence-electron chi connectivity index (χ4n) is 3.38. The number of nitrogens with zero attached hydrogens (tertiary/aromatic N) is 3. The third kappa shape index (κ3) is 4.55. The summed E-state index contributed by atoms with van der Waals surface area (Å²) in [6.45, 7) is 0. The van der Waals surface area contributed by atoms with E-state index in [9.17, 15) is 18.4 Å². The molecule has 168 valence electrons. The molecule has 0 unspecified atom stereocenters. The second kappa shape index (κ2) is 8.84. The lowest BCUT2D eigenvalue weighted by Gasteiger charge is -2.26. The van der Waals surface area contributed by atoms with Crippen LogP contribution in [-0.4, -0.2) is 9.97 Å². The number of rotatable bonds is 4. The third-order valence-electron chi connectivity index (χ3n) is 4.98. The molecule has 0 saturated heterocycles. The summed E-state index contributed by atoms with van der Waals surface area (Å²) in [6.07, 6.45) is -4.49. The molecule has 0 amide bonds. The number of ether oxygens (including phenoxy) is 1. The topological polar surface area (TPSA) is 111 Å². The van der Waals surface area contributed by atoms with E-state index in [4.69, 9.17) is 27.8 Å². The minimum atomic E-state index is -4.49. The first-order valence-corrected chi connectivity index (χ1v) is 10.8. The second-order valence-corrected chi connectivity index (χ2v) is 8.38. The number of aromatic nitrogens is 2. The summed E-state index contributed by atoms with van der Waals surface area (Å²) in [7, 11) is 0. The molecule has 2 aromatic carbocycles. The van der Waals surface area contributed by atoms with Crippen LogP contribution in [0, 0.1) is 11.3 Å². The van der Waals surface area contributed by atoms with Crippen molar-refractivity contribution in [2.75, 3.05) is 5.73 Å². The summed E-state index contributed by atoms with van der Waals surface area (Å²) >= 11 is 7.46. The number of nitrogens with two attached hydrogens (primary N) is 2. The zero-order valence-electron chi connectivity index (χ0n) is 16.7. The normalized spacial score (nSPS) is 15.5. The molecule has 1 atom stereocenters. The Morgan fingerprint density at radius 3 is 2.42 bits per heavy atom. The molecule has 0 fully saturated rings. The summed E-state index contributed by atoms with van der Waals surface area (Å²) in [5.74, 6) is -0.522. The lowest BCUT2D eigenvalue weighted by molar-refractivity contribution is -0.137. The number of fused-ring (bicyclic) bond motifs is 1. The number of anilines is 1. The van der Waals surface area contributed by atoms with Crippen LogP contribution in [0.25, 0.3) is 0 Å². The number of allylic oxidation sites excluding steroid dienone is 1. The Balaban J connectivity index is 1.72. The van der Waals surface area contributed by atoms with Crippen LogP contribution in [0.15, 0.2) is 65.1 Å². The molecular weight excluding hydrogens is 475 g/mol. The van der Waals surface area contributed by atoms with Crippen LogP contribution in [0.5, 0.6) is 5.88 Å². The van der Waals surface area contributed by atoms with Gasteiger partial charge in [-0.25, -0.2) is 4.98 Å². The molecule has 0 spiro atoms. The second-order valence-electron chi connectivity index (χ2n) is 7.03. The molecule has 0 bridgehead atoms. The molecule has 4 N–H and O–H groups in total. The van der Waals surface area contributed by atoms with Crippen LogP contribution >= 0.6 is 23.4 Å². The van der Waals surface area contributed by atoms with E-state index in [2.05, 4.69) is 9.97 Å². The van der Waals surface area contributed by atoms with Crippen molar-refractivity contribution in [1.29, 1.82) is 5.26 Å². The van der Waals surface area contributed by atoms with Crippen molar-refractivity contribution < 1.29 is 17.9 Å². The van der Waals surface area contributed by atoms with E-state index in [0.717, 1.165) is 17.7 Å². The number of thioether (sulfide) groups is 1. The van der Waals surface area contributed by atoms with Crippen LogP contribution in [0.1, 0.15) is 28.2 Å². The van der Waals surface area contributed by atoms with Crippen molar-refractivity contribution in [3.63, 3.8) is 0 Å². The summed E-state index contributed by atoms with van der Waals surface area (Å²) in [5.41, 5.74) is 12.9. The maximum Gasteiger partial charge on any atom is 0.416 e. The molecule has 0 aliphatic carbocycles. The van der Waals surface area contributed by atoms with Crippen LogP contribution in [0.2, 0.25) is 5.02 Å². The molecule has 3 aromatic rings. The molecule has 2 heterocycles. The van der Waals surface area contributed by atoms with Crippen LogP contribution in [0.3, 0.4) is 0 Å². The van der Waals surface area contributed by atoms with E-state index in [1.165, 1.54) is 23.9 Å². The predicted octanol–water partition coefficient (Wildman–Crippen LogP) is 5.24. The average Bonchev–Trinajstić information content (AvgIpc) is 2.77. The van der Waals surface area contributed by atoms with Gasteiger partial charge in [-0.3, -0.25) is 0 Å². The number of hydrogen-bond donors (Lipinski definition) is 2. The number of benzene rings is 2. The van der Waals surface area contributed by atoms with Crippen molar-refractivity contribution in [2.45, 2.75) is 23.0 Å². The summed E-state index contributed by atoms with van der Waals surface area (Å²) < 4.78 is 44.5. The highest BCUT2D eigenvalue weighted by Gasteiger charge is 2.36. The van der Waals surface area contributed by atoms with Gasteiger partial charge in [-0.1, -0.05) is 53.7 Å². The van der Waals surface area contributed by atoms with Gasteiger partial charge in [0.15, 0.2) is 5.16 Å². The van der Waals surface area contributed by atoms with E-state index in [1.54, 1.807) is 6.07 Å². The Labute approximate surface area is 196 Å². The van der Waals surface area contributed by atoms with E-state index in [1.807, 2.05) is 24.3 Å². The monoisotopic (exact) mass is 489 g/mol. The number of hydrogen-bond acceptors (Lipinski definition) is 7. The van der Waals surface area contributed by atoms with Gasteiger partial charge in [0.05, 0.1) is 17.0 Å². The van der Waals surface area contributed by atoms with Gasteiger partial charge in [0.25, 0.3) is 0 Å². The van der Waals surface area contributed by atoms with Gasteiger partial charge in [-0.2, -0.15) is 23.4 Å². The first-order chi connectivity index (χ1) is 15.7. The Morgan fingerprint density at radius 2 is 1.79 bits per heavy atom. The van der Waals surface area contributed by atoms with E-state index < -0.39 is 17.7 Å². The van der Waals surface area contributed by atoms with Crippen molar-refractivity contribution in [3.05, 3.63) is 87.3 Å². The zero-order chi connectivity index (χ0) is 23.8. The summed E-state index contributed by atoms with van der Waals surface area (Å²) in [4.78, 5) is 8.68.